The Hall–Kier alpha value is -4.22. The fraction of sp³-hybridized carbons (Fsp3) is 0.219. The van der Waals surface area contributed by atoms with Crippen molar-refractivity contribution < 1.29 is 28.1 Å². The van der Waals surface area contributed by atoms with Gasteiger partial charge in [0.1, 0.15) is 18.2 Å². The monoisotopic (exact) mass is 666 g/mol. The third-order valence-electron chi connectivity index (χ3n) is 6.82. The van der Waals surface area contributed by atoms with Gasteiger partial charge in [-0.2, -0.15) is 0 Å². The Labute approximate surface area is 259 Å². The number of hydrogen-bond donors (Lipinski definition) is 0. The Morgan fingerprint density at radius 3 is 2.56 bits per heavy atom. The summed E-state index contributed by atoms with van der Waals surface area (Å²) in [6.07, 6.45) is 1.74. The lowest BCUT2D eigenvalue weighted by Gasteiger charge is -2.26. The van der Waals surface area contributed by atoms with Crippen molar-refractivity contribution in [3.63, 3.8) is 0 Å². The minimum atomic E-state index is -0.845. The van der Waals surface area contributed by atoms with Gasteiger partial charge in [-0.3, -0.25) is 9.36 Å². The minimum absolute atomic E-state index is 0.0639. The van der Waals surface area contributed by atoms with Crippen LogP contribution in [0.2, 0.25) is 0 Å². The fourth-order valence-electron chi connectivity index (χ4n) is 4.79. The first-order valence-electron chi connectivity index (χ1n) is 13.3. The second-order valence-electron chi connectivity index (χ2n) is 9.48. The van der Waals surface area contributed by atoms with Crippen molar-refractivity contribution in [2.75, 3.05) is 20.8 Å². The summed E-state index contributed by atoms with van der Waals surface area (Å²) in [5, 5.41) is 0. The Bertz CT molecular complexity index is 1920. The molecule has 4 aromatic rings. The van der Waals surface area contributed by atoms with E-state index in [4.69, 9.17) is 18.9 Å². The average Bonchev–Trinajstić information content (AvgIpc) is 3.30. The molecule has 1 aliphatic rings. The number of esters is 1. The number of halogens is 2. The van der Waals surface area contributed by atoms with Crippen LogP contribution in [0, 0.1) is 5.82 Å². The number of nitrogens with zero attached hydrogens (tertiary/aromatic N) is 2. The van der Waals surface area contributed by atoms with Gasteiger partial charge in [-0.15, -0.1) is 0 Å². The van der Waals surface area contributed by atoms with Gasteiger partial charge >= 0.3 is 5.97 Å². The number of rotatable bonds is 9. The molecule has 1 atom stereocenters. The summed E-state index contributed by atoms with van der Waals surface area (Å²) < 4.78 is 38.8. The van der Waals surface area contributed by atoms with Gasteiger partial charge in [-0.1, -0.05) is 57.6 Å². The molecule has 0 radical (unpaired) electrons. The van der Waals surface area contributed by atoms with Crippen molar-refractivity contribution in [1.29, 1.82) is 0 Å². The van der Waals surface area contributed by atoms with Crippen molar-refractivity contribution in [3.05, 3.63) is 119 Å². The van der Waals surface area contributed by atoms with E-state index in [1.807, 2.05) is 6.07 Å². The molecular weight excluding hydrogens is 639 g/mol. The van der Waals surface area contributed by atoms with E-state index in [-0.39, 0.29) is 30.2 Å². The average molecular weight is 668 g/mol. The number of ether oxygens (including phenoxy) is 4. The van der Waals surface area contributed by atoms with E-state index in [2.05, 4.69) is 20.9 Å². The first kappa shape index (κ1) is 30.2. The molecule has 1 aliphatic heterocycles. The molecule has 0 amide bonds. The van der Waals surface area contributed by atoms with Crippen LogP contribution in [0.1, 0.15) is 36.6 Å². The molecule has 222 valence electrons. The minimum Gasteiger partial charge on any atom is -0.493 e. The van der Waals surface area contributed by atoms with E-state index in [1.165, 1.54) is 36.2 Å². The molecule has 0 N–H and O–H groups in total. The van der Waals surface area contributed by atoms with Crippen molar-refractivity contribution in [2.24, 2.45) is 4.99 Å². The second kappa shape index (κ2) is 13.0. The Kier molecular flexibility index (Phi) is 9.12. The highest BCUT2D eigenvalue weighted by atomic mass is 79.9. The molecule has 0 unspecified atom stereocenters. The number of thiazole rings is 1. The lowest BCUT2D eigenvalue weighted by atomic mass is 9.95. The van der Waals surface area contributed by atoms with Gasteiger partial charge in [0.2, 0.25) is 0 Å². The number of hydrogen-bond acceptors (Lipinski definition) is 8. The topological polar surface area (TPSA) is 88.4 Å². The third-order valence-corrected chi connectivity index (χ3v) is 8.49. The Balaban J connectivity index is 1.60. The molecule has 0 spiro atoms. The molecule has 0 bridgehead atoms. The lowest BCUT2D eigenvalue weighted by Crippen LogP contribution is -2.40. The second-order valence-corrected chi connectivity index (χ2v) is 11.3. The van der Waals surface area contributed by atoms with Crippen molar-refractivity contribution in [3.8, 4) is 17.2 Å². The Morgan fingerprint density at radius 2 is 1.84 bits per heavy atom. The van der Waals surface area contributed by atoms with E-state index in [0.717, 1.165) is 0 Å². The summed E-state index contributed by atoms with van der Waals surface area (Å²) in [6.45, 7) is 3.67. The van der Waals surface area contributed by atoms with E-state index < -0.39 is 12.0 Å². The number of carbonyl (C=O) groups is 1. The standard InChI is InChI=1S/C32H28BrFN2O6S/c1-5-41-31(38)28-18(2)35-32-36(29(28)22-15-25(39-3)26(40-4)16-23(22)33)30(37)27(43-32)14-19-9-8-11-21(13-19)42-17-20-10-6-7-12-24(20)34/h6-16,29H,5,17H2,1-4H3/b27-14-/t29-/m0/s1. The molecule has 2 heterocycles. The van der Waals surface area contributed by atoms with Crippen LogP contribution in [0.15, 0.2) is 86.2 Å². The van der Waals surface area contributed by atoms with Crippen molar-refractivity contribution >= 4 is 39.3 Å². The highest BCUT2D eigenvalue weighted by Gasteiger charge is 2.35. The number of carbonyl (C=O) groups excluding carboxylic acids is 1. The summed E-state index contributed by atoms with van der Waals surface area (Å²) in [7, 11) is 3.05. The predicted molar refractivity (Wildman–Crippen MR) is 165 cm³/mol. The van der Waals surface area contributed by atoms with Crippen LogP contribution in [-0.2, 0) is 16.1 Å². The largest absolute Gasteiger partial charge is 0.493 e. The van der Waals surface area contributed by atoms with E-state index >= 15 is 0 Å². The molecule has 1 aromatic heterocycles. The predicted octanol–water partition coefficient (Wildman–Crippen LogP) is 5.30. The highest BCUT2D eigenvalue weighted by molar-refractivity contribution is 9.10. The number of methoxy groups -OCH3 is 2. The third kappa shape index (κ3) is 6.14. The van der Waals surface area contributed by atoms with E-state index in [0.29, 0.717) is 53.4 Å². The molecule has 3 aromatic carbocycles. The molecule has 0 saturated heterocycles. The molecule has 0 fully saturated rings. The highest BCUT2D eigenvalue weighted by Crippen LogP contribution is 2.40. The summed E-state index contributed by atoms with van der Waals surface area (Å²) in [5.41, 5.74) is 2.11. The van der Waals surface area contributed by atoms with Gasteiger partial charge in [0, 0.05) is 10.0 Å². The van der Waals surface area contributed by atoms with Crippen LogP contribution < -0.4 is 29.1 Å². The van der Waals surface area contributed by atoms with Gasteiger partial charge in [-0.05, 0) is 61.4 Å². The maximum Gasteiger partial charge on any atom is 0.338 e. The van der Waals surface area contributed by atoms with Crippen molar-refractivity contribution in [2.45, 2.75) is 26.5 Å². The first-order valence-corrected chi connectivity index (χ1v) is 14.9. The zero-order valence-electron chi connectivity index (χ0n) is 23.9. The maximum atomic E-state index is 14.0. The molecule has 0 saturated carbocycles. The molecule has 11 heteroatoms. The Morgan fingerprint density at radius 1 is 1.09 bits per heavy atom. The van der Waals surface area contributed by atoms with Gasteiger partial charge in [-0.25, -0.2) is 14.2 Å². The smallest absolute Gasteiger partial charge is 0.338 e. The number of fused-ring (bicyclic) bond motifs is 1. The quantitative estimate of drug-likeness (QED) is 0.226. The van der Waals surface area contributed by atoms with Crippen LogP contribution >= 0.6 is 27.3 Å². The molecule has 5 rings (SSSR count). The number of allylic oxidation sites excluding steroid dienone is 1. The summed E-state index contributed by atoms with van der Waals surface area (Å²) in [6, 6.07) is 16.2. The molecule has 43 heavy (non-hydrogen) atoms. The normalized spacial score (nSPS) is 14.7. The van der Waals surface area contributed by atoms with E-state index in [1.54, 1.807) is 68.5 Å². The SMILES string of the molecule is CCOC(=O)C1=C(C)N=c2s/c(=C\c3cccc(OCc4ccccc4F)c3)c(=O)n2[C@H]1c1cc(OC)c(OC)cc1Br. The van der Waals surface area contributed by atoms with Crippen molar-refractivity contribution in [1.82, 2.24) is 4.57 Å². The lowest BCUT2D eigenvalue weighted by molar-refractivity contribution is -0.139. The van der Waals surface area contributed by atoms with E-state index in [9.17, 15) is 14.0 Å². The number of aromatic nitrogens is 1. The number of benzene rings is 3. The van der Waals surface area contributed by atoms with Crippen LogP contribution in [0.4, 0.5) is 4.39 Å². The maximum absolute atomic E-state index is 14.0. The zero-order valence-corrected chi connectivity index (χ0v) is 26.3. The summed E-state index contributed by atoms with van der Waals surface area (Å²) in [4.78, 5) is 32.3. The van der Waals surface area contributed by atoms with Gasteiger partial charge < -0.3 is 18.9 Å². The van der Waals surface area contributed by atoms with Crippen LogP contribution in [-0.4, -0.2) is 31.4 Å². The summed E-state index contributed by atoms with van der Waals surface area (Å²) in [5.74, 6) is 0.545. The molecular formula is C32H28BrFN2O6S. The zero-order chi connectivity index (χ0) is 30.7. The first-order chi connectivity index (χ1) is 20.7. The summed E-state index contributed by atoms with van der Waals surface area (Å²) >= 11 is 4.81. The van der Waals surface area contributed by atoms with Gasteiger partial charge in [0.15, 0.2) is 16.3 Å². The fourth-order valence-corrected chi connectivity index (χ4v) is 6.37. The van der Waals surface area contributed by atoms with Crippen LogP contribution in [0.5, 0.6) is 17.2 Å². The van der Waals surface area contributed by atoms with Crippen LogP contribution in [0.3, 0.4) is 0 Å². The van der Waals surface area contributed by atoms with Gasteiger partial charge in [0.05, 0.1) is 42.7 Å². The molecule has 0 aliphatic carbocycles. The van der Waals surface area contributed by atoms with Gasteiger partial charge in [0.25, 0.3) is 5.56 Å². The van der Waals surface area contributed by atoms with Crippen LogP contribution in [0.25, 0.3) is 6.08 Å². The molecule has 8 nitrogen and oxygen atoms in total.